The standard InChI is InChI=1S/C33H24NO/c1-21-11-3-4-12-22(21)31-33-29(19-20-34(31)2)30-27-17-9-7-15-25(27)23-13-5-6-14-24(23)26-16-8-10-18-28(26)32(30)35-33/h3-20H,1-2H3/q+1. The van der Waals surface area contributed by atoms with Gasteiger partial charge in [-0.05, 0) is 46.4 Å². The Morgan fingerprint density at radius 2 is 1.03 bits per heavy atom. The molecule has 166 valence electrons. The Bertz CT molecular complexity index is 1770. The molecule has 0 amide bonds. The van der Waals surface area contributed by atoms with Gasteiger partial charge in [-0.25, -0.2) is 0 Å². The van der Waals surface area contributed by atoms with Gasteiger partial charge in [0.15, 0.2) is 6.20 Å². The summed E-state index contributed by atoms with van der Waals surface area (Å²) in [5, 5.41) is 1.14. The molecule has 4 aromatic carbocycles. The van der Waals surface area contributed by atoms with E-state index in [0.29, 0.717) is 0 Å². The third-order valence-electron chi connectivity index (χ3n) is 7.25. The maximum absolute atomic E-state index is 6.92. The van der Waals surface area contributed by atoms with Crippen LogP contribution in [-0.4, -0.2) is 0 Å². The van der Waals surface area contributed by atoms with E-state index in [2.05, 4.69) is 128 Å². The molecule has 1 aliphatic carbocycles. The average Bonchev–Trinajstić information content (AvgIpc) is 3.27. The van der Waals surface area contributed by atoms with Crippen molar-refractivity contribution in [3.63, 3.8) is 0 Å². The smallest absolute Gasteiger partial charge is 0.256 e. The highest BCUT2D eigenvalue weighted by molar-refractivity contribution is 6.11. The zero-order chi connectivity index (χ0) is 23.5. The predicted octanol–water partition coefficient (Wildman–Crippen LogP) is 8.21. The van der Waals surface area contributed by atoms with Gasteiger partial charge >= 0.3 is 0 Å². The number of furan rings is 1. The van der Waals surface area contributed by atoms with Crippen molar-refractivity contribution in [2.45, 2.75) is 6.92 Å². The maximum Gasteiger partial charge on any atom is 0.256 e. The van der Waals surface area contributed by atoms with Crippen molar-refractivity contribution >= 4 is 11.0 Å². The van der Waals surface area contributed by atoms with Gasteiger partial charge < -0.3 is 4.42 Å². The molecule has 0 aliphatic heterocycles. The van der Waals surface area contributed by atoms with Crippen LogP contribution in [0.4, 0.5) is 0 Å². The number of pyridine rings is 1. The third kappa shape index (κ3) is 2.87. The van der Waals surface area contributed by atoms with Gasteiger partial charge in [-0.2, -0.15) is 4.57 Å². The van der Waals surface area contributed by atoms with Crippen LogP contribution >= 0.6 is 0 Å². The molecule has 2 nitrogen and oxygen atoms in total. The second-order valence-corrected chi connectivity index (χ2v) is 9.28. The molecule has 0 radical (unpaired) electrons. The molecule has 2 heterocycles. The Morgan fingerprint density at radius 3 is 1.66 bits per heavy atom. The molecule has 2 aromatic heterocycles. The van der Waals surface area contributed by atoms with Gasteiger partial charge in [-0.1, -0.05) is 91.0 Å². The lowest BCUT2D eigenvalue weighted by Gasteiger charge is -2.20. The molecule has 0 atom stereocenters. The molecule has 0 unspecified atom stereocenters. The Labute approximate surface area is 204 Å². The number of hydrogen-bond donors (Lipinski definition) is 0. The molecule has 35 heavy (non-hydrogen) atoms. The van der Waals surface area contributed by atoms with Gasteiger partial charge in [-0.3, -0.25) is 0 Å². The molecular formula is C33H24NO+. The minimum absolute atomic E-state index is 0.921. The van der Waals surface area contributed by atoms with Crippen molar-refractivity contribution in [2.75, 3.05) is 0 Å². The zero-order valence-electron chi connectivity index (χ0n) is 19.7. The first-order valence-corrected chi connectivity index (χ1v) is 12.0. The van der Waals surface area contributed by atoms with Crippen molar-refractivity contribution in [1.29, 1.82) is 0 Å². The summed E-state index contributed by atoms with van der Waals surface area (Å²) < 4.78 is 9.10. The van der Waals surface area contributed by atoms with E-state index in [1.165, 1.54) is 38.9 Å². The molecule has 1 aliphatic rings. The monoisotopic (exact) mass is 450 g/mol. The maximum atomic E-state index is 6.92. The van der Waals surface area contributed by atoms with Crippen molar-refractivity contribution in [3.05, 3.63) is 115 Å². The SMILES string of the molecule is Cc1ccccc1-c1c2oc3c(c2cc[n+]1C)-c1ccccc1-c1ccccc1-c1ccccc1-3. The summed E-state index contributed by atoms with van der Waals surface area (Å²) >= 11 is 0. The number of fused-ring (bicyclic) bond motifs is 10. The largest absolute Gasteiger partial charge is 0.448 e. The number of aromatic nitrogens is 1. The van der Waals surface area contributed by atoms with Crippen molar-refractivity contribution in [2.24, 2.45) is 7.05 Å². The van der Waals surface area contributed by atoms with E-state index in [4.69, 9.17) is 4.42 Å². The fraction of sp³-hybridized carbons (Fsp3) is 0.0606. The van der Waals surface area contributed by atoms with Crippen LogP contribution in [0.5, 0.6) is 0 Å². The van der Waals surface area contributed by atoms with Crippen LogP contribution in [0.2, 0.25) is 0 Å². The highest BCUT2D eigenvalue weighted by atomic mass is 16.3. The molecule has 0 fully saturated rings. The number of rotatable bonds is 1. The molecule has 7 rings (SSSR count). The fourth-order valence-corrected chi connectivity index (χ4v) is 5.61. The lowest BCUT2D eigenvalue weighted by molar-refractivity contribution is -0.659. The molecular weight excluding hydrogens is 426 g/mol. The van der Waals surface area contributed by atoms with Crippen LogP contribution in [0.25, 0.3) is 66.9 Å². The number of nitrogens with zero attached hydrogens (tertiary/aromatic N) is 1. The second kappa shape index (κ2) is 7.54. The first-order chi connectivity index (χ1) is 17.2. The summed E-state index contributed by atoms with van der Waals surface area (Å²) in [5.74, 6) is 0.929. The second-order valence-electron chi connectivity index (χ2n) is 9.28. The van der Waals surface area contributed by atoms with Gasteiger partial charge in [0.05, 0.1) is 5.56 Å². The average molecular weight is 451 g/mol. The molecule has 2 heteroatoms. The topological polar surface area (TPSA) is 17.0 Å². The normalized spacial score (nSPS) is 11.7. The van der Waals surface area contributed by atoms with Crippen molar-refractivity contribution < 1.29 is 8.98 Å². The fourth-order valence-electron chi connectivity index (χ4n) is 5.61. The minimum Gasteiger partial charge on any atom is -0.448 e. The van der Waals surface area contributed by atoms with Gasteiger partial charge in [0.25, 0.3) is 5.69 Å². The number of aryl methyl sites for hydroxylation is 2. The first-order valence-electron chi connectivity index (χ1n) is 12.0. The summed E-state index contributed by atoms with van der Waals surface area (Å²) in [6, 6.07) is 36.8. The Kier molecular flexibility index (Phi) is 4.31. The summed E-state index contributed by atoms with van der Waals surface area (Å²) in [5.41, 5.74) is 12.8. The molecule has 0 bridgehead atoms. The molecule has 0 saturated carbocycles. The van der Waals surface area contributed by atoms with Gasteiger partial charge in [-0.15, -0.1) is 0 Å². The summed E-state index contributed by atoms with van der Waals surface area (Å²) in [6.45, 7) is 2.16. The molecule has 0 saturated heterocycles. The lowest BCUT2D eigenvalue weighted by Crippen LogP contribution is -2.30. The molecule has 0 spiro atoms. The van der Waals surface area contributed by atoms with Crippen LogP contribution in [0.15, 0.2) is 114 Å². The van der Waals surface area contributed by atoms with Crippen molar-refractivity contribution in [1.82, 2.24) is 0 Å². The molecule has 0 N–H and O–H groups in total. The van der Waals surface area contributed by atoms with Crippen LogP contribution in [0.3, 0.4) is 0 Å². The zero-order valence-corrected chi connectivity index (χ0v) is 19.7. The highest BCUT2D eigenvalue weighted by Gasteiger charge is 2.30. The predicted molar refractivity (Wildman–Crippen MR) is 143 cm³/mol. The quantitative estimate of drug-likeness (QED) is 0.230. The van der Waals surface area contributed by atoms with Crippen molar-refractivity contribution in [3.8, 4) is 56.0 Å². The lowest BCUT2D eigenvalue weighted by atomic mass is 9.83. The van der Waals surface area contributed by atoms with E-state index in [0.717, 1.165) is 33.6 Å². The van der Waals surface area contributed by atoms with E-state index in [-0.39, 0.29) is 0 Å². The van der Waals surface area contributed by atoms with E-state index in [1.807, 2.05) is 0 Å². The van der Waals surface area contributed by atoms with Gasteiger partial charge in [0.1, 0.15) is 12.8 Å². The Hall–Kier alpha value is -4.43. The van der Waals surface area contributed by atoms with E-state index < -0.39 is 0 Å². The molecule has 6 aromatic rings. The van der Waals surface area contributed by atoms with Crippen LogP contribution in [-0.2, 0) is 7.05 Å². The Morgan fingerprint density at radius 1 is 0.543 bits per heavy atom. The van der Waals surface area contributed by atoms with Crippen LogP contribution in [0.1, 0.15) is 5.56 Å². The number of benzene rings is 4. The minimum atomic E-state index is 0.921. The van der Waals surface area contributed by atoms with Crippen LogP contribution < -0.4 is 4.57 Å². The van der Waals surface area contributed by atoms with Gasteiger partial charge in [0.2, 0.25) is 5.58 Å². The Balaban J connectivity index is 1.69. The summed E-state index contributed by atoms with van der Waals surface area (Å²) in [6.07, 6.45) is 2.15. The summed E-state index contributed by atoms with van der Waals surface area (Å²) in [4.78, 5) is 0. The highest BCUT2D eigenvalue weighted by Crippen LogP contribution is 2.51. The van der Waals surface area contributed by atoms with Crippen LogP contribution in [0, 0.1) is 6.92 Å². The number of hydrogen-bond acceptors (Lipinski definition) is 1. The van der Waals surface area contributed by atoms with E-state index >= 15 is 0 Å². The first kappa shape index (κ1) is 20.0. The summed E-state index contributed by atoms with van der Waals surface area (Å²) in [7, 11) is 2.10. The third-order valence-corrected chi connectivity index (χ3v) is 7.25. The van der Waals surface area contributed by atoms with E-state index in [9.17, 15) is 0 Å². The van der Waals surface area contributed by atoms with Gasteiger partial charge in [0, 0.05) is 22.6 Å². The van der Waals surface area contributed by atoms with E-state index in [1.54, 1.807) is 0 Å².